The minimum absolute atomic E-state index is 0.0871. The third-order valence-corrected chi connectivity index (χ3v) is 2.38. The van der Waals surface area contributed by atoms with Crippen molar-refractivity contribution in [1.29, 1.82) is 0 Å². The van der Waals surface area contributed by atoms with Crippen LogP contribution in [0.1, 0.15) is 32.6 Å². The second-order valence-corrected chi connectivity index (χ2v) is 3.68. The average molecular weight is 142 g/mol. The van der Waals surface area contributed by atoms with E-state index in [9.17, 15) is 0 Å². The van der Waals surface area contributed by atoms with Crippen LogP contribution in [0.15, 0.2) is 0 Å². The summed E-state index contributed by atoms with van der Waals surface area (Å²) in [6, 6.07) is 0. The topological polar surface area (TPSA) is 52.0 Å². The zero-order chi connectivity index (χ0) is 7.56. The molecule has 0 aromatic carbocycles. The fraction of sp³-hybridized carbons (Fsp3) is 1.00. The van der Waals surface area contributed by atoms with E-state index in [4.69, 9.17) is 11.5 Å². The predicted molar refractivity (Wildman–Crippen MR) is 43.3 cm³/mol. The molecule has 0 aromatic rings. The van der Waals surface area contributed by atoms with Crippen LogP contribution >= 0.6 is 0 Å². The molecule has 0 saturated heterocycles. The summed E-state index contributed by atoms with van der Waals surface area (Å²) in [5.74, 6) is 1.89. The van der Waals surface area contributed by atoms with Crippen molar-refractivity contribution in [3.8, 4) is 0 Å². The maximum Gasteiger partial charge on any atom is 0.0520 e. The molecule has 1 fully saturated rings. The molecule has 10 heavy (non-hydrogen) atoms. The van der Waals surface area contributed by atoms with Crippen molar-refractivity contribution in [1.82, 2.24) is 0 Å². The lowest BCUT2D eigenvalue weighted by molar-refractivity contribution is 0.193. The van der Waals surface area contributed by atoms with Crippen molar-refractivity contribution < 1.29 is 0 Å². The van der Waals surface area contributed by atoms with E-state index >= 15 is 0 Å². The Balaban J connectivity index is 1.95. The van der Waals surface area contributed by atoms with Crippen LogP contribution in [0.25, 0.3) is 0 Å². The Morgan fingerprint density at radius 1 is 1.40 bits per heavy atom. The number of nitrogens with two attached hydrogens (primary N) is 2. The van der Waals surface area contributed by atoms with Crippen LogP contribution in [0.3, 0.4) is 0 Å². The van der Waals surface area contributed by atoms with E-state index in [1.807, 2.05) is 0 Å². The van der Waals surface area contributed by atoms with Crippen molar-refractivity contribution in [3.05, 3.63) is 0 Å². The van der Waals surface area contributed by atoms with Gasteiger partial charge in [-0.2, -0.15) is 0 Å². The largest absolute Gasteiger partial charge is 0.316 e. The molecular weight excluding hydrogens is 124 g/mol. The molecule has 0 heterocycles. The average Bonchev–Trinajstić information content (AvgIpc) is 1.77. The van der Waals surface area contributed by atoms with Gasteiger partial charge in [0.1, 0.15) is 0 Å². The summed E-state index contributed by atoms with van der Waals surface area (Å²) >= 11 is 0. The van der Waals surface area contributed by atoms with Crippen molar-refractivity contribution in [3.63, 3.8) is 0 Å². The van der Waals surface area contributed by atoms with Gasteiger partial charge in [-0.3, -0.25) is 0 Å². The molecule has 0 bridgehead atoms. The molecule has 0 atom stereocenters. The zero-order valence-corrected chi connectivity index (χ0v) is 6.72. The summed E-state index contributed by atoms with van der Waals surface area (Å²) in [4.78, 5) is 0. The summed E-state index contributed by atoms with van der Waals surface area (Å²) < 4.78 is 0. The Morgan fingerprint density at radius 3 is 2.40 bits per heavy atom. The van der Waals surface area contributed by atoms with Crippen LogP contribution in [0, 0.1) is 11.8 Å². The molecule has 2 nitrogen and oxygen atoms in total. The third-order valence-electron chi connectivity index (χ3n) is 2.38. The van der Waals surface area contributed by atoms with Crippen LogP contribution in [0.5, 0.6) is 0 Å². The standard InChI is InChI=1S/C8H18N2/c1-6-4-7(5-6)2-3-8(9)10/h6-8H,2-5,9-10H2,1H3. The van der Waals surface area contributed by atoms with Crippen LogP contribution in [0.4, 0.5) is 0 Å². The highest BCUT2D eigenvalue weighted by Gasteiger charge is 2.24. The van der Waals surface area contributed by atoms with Gasteiger partial charge in [0.2, 0.25) is 0 Å². The normalized spacial score (nSPS) is 32.4. The van der Waals surface area contributed by atoms with E-state index in [1.165, 1.54) is 19.3 Å². The Labute approximate surface area is 63.0 Å². The SMILES string of the molecule is CC1CC(CCC(N)N)C1. The van der Waals surface area contributed by atoms with Gasteiger partial charge in [0, 0.05) is 0 Å². The molecule has 1 saturated carbocycles. The Morgan fingerprint density at radius 2 is 2.00 bits per heavy atom. The van der Waals surface area contributed by atoms with Crippen molar-refractivity contribution in [2.75, 3.05) is 0 Å². The van der Waals surface area contributed by atoms with Gasteiger partial charge in [0.25, 0.3) is 0 Å². The van der Waals surface area contributed by atoms with Gasteiger partial charge in [-0.1, -0.05) is 6.92 Å². The van der Waals surface area contributed by atoms with E-state index < -0.39 is 0 Å². The van der Waals surface area contributed by atoms with Crippen LogP contribution < -0.4 is 11.5 Å². The van der Waals surface area contributed by atoms with Crippen LogP contribution in [-0.2, 0) is 0 Å². The molecule has 1 aliphatic rings. The third kappa shape index (κ3) is 2.27. The summed E-state index contributed by atoms with van der Waals surface area (Å²) in [6.07, 6.45) is 4.94. The number of rotatable bonds is 3. The lowest BCUT2D eigenvalue weighted by Crippen LogP contribution is -2.32. The minimum atomic E-state index is -0.0871. The summed E-state index contributed by atoms with van der Waals surface area (Å²) in [6.45, 7) is 2.30. The lowest BCUT2D eigenvalue weighted by Gasteiger charge is -2.33. The first-order valence-electron chi connectivity index (χ1n) is 4.19. The van der Waals surface area contributed by atoms with Crippen molar-refractivity contribution in [2.24, 2.45) is 23.3 Å². The Kier molecular flexibility index (Phi) is 2.69. The first-order chi connectivity index (χ1) is 4.68. The molecule has 1 rings (SSSR count). The van der Waals surface area contributed by atoms with E-state index in [1.54, 1.807) is 0 Å². The minimum Gasteiger partial charge on any atom is -0.316 e. The second-order valence-electron chi connectivity index (χ2n) is 3.68. The van der Waals surface area contributed by atoms with Gasteiger partial charge in [0.05, 0.1) is 6.17 Å². The summed E-state index contributed by atoms with van der Waals surface area (Å²) in [5.41, 5.74) is 10.9. The molecule has 0 amide bonds. The highest BCUT2D eigenvalue weighted by atomic mass is 14.8. The maximum atomic E-state index is 5.43. The Bertz CT molecular complexity index is 95.4. The van der Waals surface area contributed by atoms with Gasteiger partial charge in [0.15, 0.2) is 0 Å². The van der Waals surface area contributed by atoms with E-state index in [-0.39, 0.29) is 6.17 Å². The molecule has 0 unspecified atom stereocenters. The zero-order valence-electron chi connectivity index (χ0n) is 6.72. The van der Waals surface area contributed by atoms with Crippen LogP contribution in [-0.4, -0.2) is 6.17 Å². The molecule has 60 valence electrons. The maximum absolute atomic E-state index is 5.43. The van der Waals surface area contributed by atoms with Gasteiger partial charge in [-0.05, 0) is 37.5 Å². The highest BCUT2D eigenvalue weighted by molar-refractivity contribution is 4.76. The van der Waals surface area contributed by atoms with Gasteiger partial charge in [-0.15, -0.1) is 0 Å². The van der Waals surface area contributed by atoms with Gasteiger partial charge >= 0.3 is 0 Å². The fourth-order valence-corrected chi connectivity index (χ4v) is 1.73. The van der Waals surface area contributed by atoms with Crippen molar-refractivity contribution in [2.45, 2.75) is 38.8 Å². The molecule has 2 heteroatoms. The van der Waals surface area contributed by atoms with Crippen molar-refractivity contribution >= 4 is 0 Å². The van der Waals surface area contributed by atoms with Gasteiger partial charge in [-0.25, -0.2) is 0 Å². The quantitative estimate of drug-likeness (QED) is 0.579. The molecule has 0 radical (unpaired) electrons. The Hall–Kier alpha value is -0.0800. The molecule has 0 aromatic heterocycles. The molecular formula is C8H18N2. The fourth-order valence-electron chi connectivity index (χ4n) is 1.73. The summed E-state index contributed by atoms with van der Waals surface area (Å²) in [7, 11) is 0. The smallest absolute Gasteiger partial charge is 0.0520 e. The van der Waals surface area contributed by atoms with E-state index in [0.29, 0.717) is 0 Å². The first-order valence-corrected chi connectivity index (χ1v) is 4.19. The lowest BCUT2D eigenvalue weighted by atomic mass is 9.74. The number of hydrogen-bond donors (Lipinski definition) is 2. The van der Waals surface area contributed by atoms with Gasteiger partial charge < -0.3 is 11.5 Å². The first kappa shape index (κ1) is 8.02. The molecule has 0 spiro atoms. The van der Waals surface area contributed by atoms with E-state index in [0.717, 1.165) is 18.3 Å². The second kappa shape index (κ2) is 3.35. The summed E-state index contributed by atoms with van der Waals surface area (Å²) in [5, 5.41) is 0. The highest BCUT2D eigenvalue weighted by Crippen LogP contribution is 2.36. The monoisotopic (exact) mass is 142 g/mol. The molecule has 1 aliphatic carbocycles. The molecule has 0 aliphatic heterocycles. The molecule has 4 N–H and O–H groups in total. The van der Waals surface area contributed by atoms with E-state index in [2.05, 4.69) is 6.92 Å². The van der Waals surface area contributed by atoms with Crippen LogP contribution in [0.2, 0.25) is 0 Å². The number of hydrogen-bond acceptors (Lipinski definition) is 2. The predicted octanol–water partition coefficient (Wildman–Crippen LogP) is 1.06.